The number of carbonyl (C=O) groups is 1. The minimum absolute atomic E-state index is 0.0885. The zero-order valence-electron chi connectivity index (χ0n) is 10.3. The Bertz CT molecular complexity index is 617. The molecular formula is C15H15NO2. The molecule has 0 atom stereocenters. The molecule has 1 amide bonds. The molecule has 0 radical (unpaired) electrons. The molecule has 0 unspecified atom stereocenters. The normalized spacial score (nSPS) is 14.7. The second kappa shape index (κ2) is 4.02. The van der Waals surface area contributed by atoms with Crippen LogP contribution in [-0.4, -0.2) is 29.0 Å². The van der Waals surface area contributed by atoms with Gasteiger partial charge in [0.25, 0.3) is 5.91 Å². The maximum Gasteiger partial charge on any atom is 0.257 e. The van der Waals surface area contributed by atoms with Gasteiger partial charge in [-0.25, -0.2) is 0 Å². The van der Waals surface area contributed by atoms with E-state index < -0.39 is 0 Å². The summed E-state index contributed by atoms with van der Waals surface area (Å²) in [5.74, 6) is -0.00801. The van der Waals surface area contributed by atoms with E-state index >= 15 is 0 Å². The zero-order valence-corrected chi connectivity index (χ0v) is 10.3. The zero-order chi connectivity index (χ0) is 12.7. The lowest BCUT2D eigenvalue weighted by atomic mass is 10.0. The number of phenols is 1. The van der Waals surface area contributed by atoms with E-state index in [-0.39, 0.29) is 11.7 Å². The monoisotopic (exact) mass is 241 g/mol. The first-order valence-corrected chi connectivity index (χ1v) is 6.16. The molecule has 2 aromatic carbocycles. The van der Waals surface area contributed by atoms with E-state index in [0.29, 0.717) is 11.6 Å². The van der Waals surface area contributed by atoms with Crippen molar-refractivity contribution in [2.24, 2.45) is 0 Å². The Kier molecular flexibility index (Phi) is 2.47. The lowest BCUT2D eigenvalue weighted by Gasteiger charge is -2.17. The van der Waals surface area contributed by atoms with Crippen molar-refractivity contribution in [2.45, 2.75) is 18.9 Å². The minimum Gasteiger partial charge on any atom is -0.506 e. The summed E-state index contributed by atoms with van der Waals surface area (Å²) in [5.41, 5.74) is 0.392. The largest absolute Gasteiger partial charge is 0.506 e. The molecule has 92 valence electrons. The molecule has 1 saturated carbocycles. The summed E-state index contributed by atoms with van der Waals surface area (Å²) in [6.07, 6.45) is 2.13. The second-order valence-electron chi connectivity index (χ2n) is 4.83. The fourth-order valence-electron chi connectivity index (χ4n) is 2.25. The molecule has 0 aliphatic heterocycles. The van der Waals surface area contributed by atoms with Crippen LogP contribution in [-0.2, 0) is 0 Å². The first-order chi connectivity index (χ1) is 8.68. The topological polar surface area (TPSA) is 40.5 Å². The number of carbonyl (C=O) groups excluding carboxylic acids is 1. The molecule has 0 bridgehead atoms. The third kappa shape index (κ3) is 1.72. The molecule has 1 fully saturated rings. The van der Waals surface area contributed by atoms with Crippen LogP contribution in [0.4, 0.5) is 0 Å². The molecule has 1 N–H and O–H groups in total. The van der Waals surface area contributed by atoms with Gasteiger partial charge >= 0.3 is 0 Å². The third-order valence-electron chi connectivity index (χ3n) is 3.55. The van der Waals surface area contributed by atoms with Crippen LogP contribution in [0, 0.1) is 0 Å². The highest BCUT2D eigenvalue weighted by Crippen LogP contribution is 2.32. The number of phenolic OH excluding ortho intramolecular Hbond substituents is 1. The van der Waals surface area contributed by atoms with Crippen molar-refractivity contribution >= 4 is 16.7 Å². The fraction of sp³-hybridized carbons (Fsp3) is 0.267. The molecule has 0 heterocycles. The smallest absolute Gasteiger partial charge is 0.257 e. The summed E-state index contributed by atoms with van der Waals surface area (Å²) in [5, 5.41) is 11.9. The van der Waals surface area contributed by atoms with Crippen molar-refractivity contribution in [3.8, 4) is 5.75 Å². The van der Waals surface area contributed by atoms with E-state index in [1.54, 1.807) is 18.0 Å². The summed E-state index contributed by atoms with van der Waals surface area (Å²) in [4.78, 5) is 14.0. The number of hydrogen-bond donors (Lipinski definition) is 1. The third-order valence-corrected chi connectivity index (χ3v) is 3.55. The van der Waals surface area contributed by atoms with E-state index in [0.717, 1.165) is 23.6 Å². The highest BCUT2D eigenvalue weighted by molar-refractivity contribution is 6.03. The Morgan fingerprint density at radius 1 is 1.22 bits per heavy atom. The van der Waals surface area contributed by atoms with Crippen molar-refractivity contribution < 1.29 is 9.90 Å². The summed E-state index contributed by atoms with van der Waals surface area (Å²) in [6.45, 7) is 0. The van der Waals surface area contributed by atoms with Gasteiger partial charge in [0.05, 0.1) is 5.56 Å². The summed E-state index contributed by atoms with van der Waals surface area (Å²) in [7, 11) is 1.80. The predicted molar refractivity (Wildman–Crippen MR) is 70.7 cm³/mol. The first-order valence-electron chi connectivity index (χ1n) is 6.16. The number of aromatic hydroxyl groups is 1. The highest BCUT2D eigenvalue weighted by Gasteiger charge is 2.31. The number of amides is 1. The van der Waals surface area contributed by atoms with Gasteiger partial charge in [-0.1, -0.05) is 30.3 Å². The van der Waals surface area contributed by atoms with E-state index in [2.05, 4.69) is 0 Å². The van der Waals surface area contributed by atoms with Crippen LogP contribution in [0.3, 0.4) is 0 Å². The van der Waals surface area contributed by atoms with Crippen LogP contribution in [0.15, 0.2) is 36.4 Å². The Morgan fingerprint density at radius 2 is 1.94 bits per heavy atom. The molecule has 2 aromatic rings. The first kappa shape index (κ1) is 11.1. The van der Waals surface area contributed by atoms with E-state index in [9.17, 15) is 9.90 Å². The second-order valence-corrected chi connectivity index (χ2v) is 4.83. The number of fused-ring (bicyclic) bond motifs is 1. The van der Waals surface area contributed by atoms with E-state index in [1.807, 2.05) is 30.3 Å². The van der Waals surface area contributed by atoms with Gasteiger partial charge in [-0.15, -0.1) is 0 Å². The van der Waals surface area contributed by atoms with Crippen molar-refractivity contribution in [3.63, 3.8) is 0 Å². The van der Waals surface area contributed by atoms with Crippen molar-refractivity contribution in [1.82, 2.24) is 4.90 Å². The Hall–Kier alpha value is -2.03. The van der Waals surface area contributed by atoms with Crippen LogP contribution >= 0.6 is 0 Å². The van der Waals surface area contributed by atoms with Crippen molar-refractivity contribution in [3.05, 3.63) is 42.0 Å². The average Bonchev–Trinajstić information content (AvgIpc) is 3.22. The number of nitrogens with zero attached hydrogens (tertiary/aromatic N) is 1. The van der Waals surface area contributed by atoms with Gasteiger partial charge in [0.15, 0.2) is 0 Å². The van der Waals surface area contributed by atoms with Gasteiger partial charge in [0.1, 0.15) is 5.75 Å². The molecule has 3 heteroatoms. The Labute approximate surface area is 106 Å². The fourth-order valence-corrected chi connectivity index (χ4v) is 2.25. The van der Waals surface area contributed by atoms with Gasteiger partial charge in [0.2, 0.25) is 0 Å². The SMILES string of the molecule is CN(C(=O)c1ccc2ccccc2c1O)C1CC1. The van der Waals surface area contributed by atoms with Gasteiger partial charge in [0, 0.05) is 18.5 Å². The van der Waals surface area contributed by atoms with Gasteiger partial charge < -0.3 is 10.0 Å². The molecule has 0 aromatic heterocycles. The molecule has 3 nitrogen and oxygen atoms in total. The quantitative estimate of drug-likeness (QED) is 0.878. The standard InChI is InChI=1S/C15H15NO2/c1-16(11-7-8-11)15(18)13-9-6-10-4-2-3-5-12(10)14(13)17/h2-6,9,11,17H,7-8H2,1H3. The lowest BCUT2D eigenvalue weighted by molar-refractivity contribution is 0.0782. The Balaban J connectivity index is 2.06. The molecule has 3 rings (SSSR count). The average molecular weight is 241 g/mol. The van der Waals surface area contributed by atoms with Crippen molar-refractivity contribution in [2.75, 3.05) is 7.05 Å². The van der Waals surface area contributed by atoms with Crippen molar-refractivity contribution in [1.29, 1.82) is 0 Å². The van der Waals surface area contributed by atoms with Gasteiger partial charge in [-0.3, -0.25) is 4.79 Å². The van der Waals surface area contributed by atoms with Crippen LogP contribution in [0.2, 0.25) is 0 Å². The number of rotatable bonds is 2. The van der Waals surface area contributed by atoms with Gasteiger partial charge in [-0.05, 0) is 24.3 Å². The van der Waals surface area contributed by atoms with Crippen LogP contribution in [0.25, 0.3) is 10.8 Å². The molecular weight excluding hydrogens is 226 g/mol. The van der Waals surface area contributed by atoms with E-state index in [1.165, 1.54) is 0 Å². The molecule has 0 saturated heterocycles. The minimum atomic E-state index is -0.0965. The summed E-state index contributed by atoms with van der Waals surface area (Å²) in [6, 6.07) is 11.5. The Morgan fingerprint density at radius 3 is 2.67 bits per heavy atom. The highest BCUT2D eigenvalue weighted by atomic mass is 16.3. The maximum absolute atomic E-state index is 12.3. The summed E-state index contributed by atoms with van der Waals surface area (Å²) < 4.78 is 0. The van der Waals surface area contributed by atoms with Crippen LogP contribution in [0.5, 0.6) is 5.75 Å². The van der Waals surface area contributed by atoms with Crippen LogP contribution in [0.1, 0.15) is 23.2 Å². The maximum atomic E-state index is 12.3. The molecule has 18 heavy (non-hydrogen) atoms. The van der Waals surface area contributed by atoms with Gasteiger partial charge in [-0.2, -0.15) is 0 Å². The molecule has 0 spiro atoms. The van der Waals surface area contributed by atoms with Crippen LogP contribution < -0.4 is 0 Å². The summed E-state index contributed by atoms with van der Waals surface area (Å²) >= 11 is 0. The number of hydrogen-bond acceptors (Lipinski definition) is 2. The lowest BCUT2D eigenvalue weighted by Crippen LogP contribution is -2.28. The molecule has 1 aliphatic carbocycles. The molecule has 1 aliphatic rings. The van der Waals surface area contributed by atoms with E-state index in [4.69, 9.17) is 0 Å². The predicted octanol–water partition coefficient (Wildman–Crippen LogP) is 2.78. The number of benzene rings is 2.